The number of nitrogens with zero attached hydrogens (tertiary/aromatic N) is 1. The molecule has 1 atom stereocenters. The van der Waals surface area contributed by atoms with Crippen molar-refractivity contribution in [1.82, 2.24) is 10.2 Å². The topological polar surface area (TPSA) is 122 Å². The second kappa shape index (κ2) is 6.93. The molecule has 1 fully saturated rings. The minimum absolute atomic E-state index is 0.123. The molecule has 0 radical (unpaired) electrons. The number of amides is 3. The first-order valence-corrected chi connectivity index (χ1v) is 6.03. The lowest BCUT2D eigenvalue weighted by Crippen LogP contribution is -2.50. The summed E-state index contributed by atoms with van der Waals surface area (Å²) in [6.07, 6.45) is 1.36. The predicted octanol–water partition coefficient (Wildman–Crippen LogP) is -0.865. The molecule has 0 aliphatic heterocycles. The van der Waals surface area contributed by atoms with Crippen molar-refractivity contribution in [1.29, 1.82) is 0 Å². The van der Waals surface area contributed by atoms with Crippen LogP contribution in [0.4, 0.5) is 4.79 Å². The minimum atomic E-state index is -1.30. The molecule has 0 aromatic carbocycles. The summed E-state index contributed by atoms with van der Waals surface area (Å²) in [4.78, 5) is 35.2. The maximum Gasteiger partial charge on any atom is 0.326 e. The van der Waals surface area contributed by atoms with Gasteiger partial charge >= 0.3 is 12.0 Å². The van der Waals surface area contributed by atoms with Crippen LogP contribution in [-0.4, -0.2) is 60.3 Å². The van der Waals surface area contributed by atoms with E-state index in [2.05, 4.69) is 5.32 Å². The van der Waals surface area contributed by atoms with E-state index in [4.69, 9.17) is 15.6 Å². The van der Waals surface area contributed by atoms with Crippen LogP contribution < -0.4 is 11.1 Å². The molecule has 8 nitrogen and oxygen atoms in total. The van der Waals surface area contributed by atoms with Crippen molar-refractivity contribution >= 4 is 17.9 Å². The first kappa shape index (κ1) is 15.2. The average molecular weight is 273 g/mol. The Balaban J connectivity index is 2.57. The quantitative estimate of drug-likeness (QED) is 0.531. The third-order valence-corrected chi connectivity index (χ3v) is 2.79. The number of nitrogens with one attached hydrogen (secondary N) is 1. The fourth-order valence-corrected chi connectivity index (χ4v) is 1.66. The van der Waals surface area contributed by atoms with E-state index in [9.17, 15) is 14.4 Å². The van der Waals surface area contributed by atoms with Gasteiger partial charge in [-0.2, -0.15) is 0 Å². The van der Waals surface area contributed by atoms with Crippen LogP contribution in [0.5, 0.6) is 0 Å². The summed E-state index contributed by atoms with van der Waals surface area (Å²) in [5.74, 6) is -2.06. The lowest BCUT2D eigenvalue weighted by molar-refractivity contribution is -0.141. The van der Waals surface area contributed by atoms with E-state index in [1.165, 1.54) is 12.0 Å². The molecule has 4 N–H and O–H groups in total. The summed E-state index contributed by atoms with van der Waals surface area (Å²) in [6, 6.07) is -1.68. The van der Waals surface area contributed by atoms with Crippen LogP contribution in [0.25, 0.3) is 0 Å². The molecule has 0 aromatic rings. The highest BCUT2D eigenvalue weighted by Crippen LogP contribution is 2.26. The molecule has 3 amide bonds. The zero-order chi connectivity index (χ0) is 14.4. The largest absolute Gasteiger partial charge is 0.480 e. The van der Waals surface area contributed by atoms with Gasteiger partial charge in [0.1, 0.15) is 6.04 Å². The highest BCUT2D eigenvalue weighted by Gasteiger charge is 2.34. The van der Waals surface area contributed by atoms with Crippen LogP contribution in [0.3, 0.4) is 0 Å². The van der Waals surface area contributed by atoms with Crippen molar-refractivity contribution in [2.24, 2.45) is 5.73 Å². The van der Waals surface area contributed by atoms with Crippen molar-refractivity contribution < 1.29 is 24.2 Å². The van der Waals surface area contributed by atoms with E-state index in [0.717, 1.165) is 12.8 Å². The molecule has 19 heavy (non-hydrogen) atoms. The zero-order valence-corrected chi connectivity index (χ0v) is 10.8. The normalized spacial score (nSPS) is 15.6. The van der Waals surface area contributed by atoms with Gasteiger partial charge in [-0.15, -0.1) is 0 Å². The van der Waals surface area contributed by atoms with Crippen molar-refractivity contribution in [3.63, 3.8) is 0 Å². The van der Waals surface area contributed by atoms with Crippen LogP contribution in [0.15, 0.2) is 0 Å². The van der Waals surface area contributed by atoms with Crippen molar-refractivity contribution in [3.8, 4) is 0 Å². The van der Waals surface area contributed by atoms with Gasteiger partial charge in [-0.1, -0.05) is 0 Å². The number of methoxy groups -OCH3 is 1. The Kier molecular flexibility index (Phi) is 5.56. The molecule has 1 aliphatic carbocycles. The Labute approximate surface area is 110 Å². The Morgan fingerprint density at radius 1 is 1.47 bits per heavy atom. The van der Waals surface area contributed by atoms with Crippen molar-refractivity contribution in [2.75, 3.05) is 20.3 Å². The molecule has 0 bridgehead atoms. The van der Waals surface area contributed by atoms with Gasteiger partial charge in [0, 0.05) is 19.7 Å². The van der Waals surface area contributed by atoms with Gasteiger partial charge in [0.2, 0.25) is 5.91 Å². The van der Waals surface area contributed by atoms with Crippen LogP contribution in [-0.2, 0) is 14.3 Å². The molecule has 1 rings (SSSR count). The molecule has 0 saturated heterocycles. The van der Waals surface area contributed by atoms with Crippen LogP contribution in [0.1, 0.15) is 19.3 Å². The summed E-state index contributed by atoms with van der Waals surface area (Å²) in [7, 11) is 1.52. The fraction of sp³-hybridized carbons (Fsp3) is 0.727. The molecule has 0 spiro atoms. The third kappa shape index (κ3) is 5.12. The van der Waals surface area contributed by atoms with Crippen LogP contribution >= 0.6 is 0 Å². The lowest BCUT2D eigenvalue weighted by Gasteiger charge is -2.24. The van der Waals surface area contributed by atoms with Crippen molar-refractivity contribution in [2.45, 2.75) is 31.3 Å². The molecule has 8 heteroatoms. The maximum absolute atomic E-state index is 12.0. The van der Waals surface area contributed by atoms with Gasteiger partial charge in [-0.05, 0) is 12.8 Å². The number of carboxylic acid groups (broad SMARTS) is 1. The van der Waals surface area contributed by atoms with E-state index in [1.807, 2.05) is 0 Å². The Morgan fingerprint density at radius 3 is 2.53 bits per heavy atom. The monoisotopic (exact) mass is 273 g/mol. The standard InChI is InChI=1S/C11H19N3O5/c1-19-5-4-14(7-2-3-7)11(18)13-8(10(16)17)6-9(12)15/h7-8H,2-6H2,1H3,(H2,12,15)(H,13,18)(H,16,17)/t8-/m0/s1. The van der Waals surface area contributed by atoms with Crippen LogP contribution in [0.2, 0.25) is 0 Å². The van der Waals surface area contributed by atoms with Crippen LogP contribution in [0, 0.1) is 0 Å². The highest BCUT2D eigenvalue weighted by molar-refractivity contribution is 5.87. The molecule has 108 valence electrons. The first-order chi connectivity index (χ1) is 8.95. The number of primary amides is 1. The number of ether oxygens (including phenoxy) is 1. The molecule has 0 aromatic heterocycles. The molecule has 1 saturated carbocycles. The number of carboxylic acids is 1. The van der Waals surface area contributed by atoms with E-state index >= 15 is 0 Å². The van der Waals surface area contributed by atoms with E-state index in [1.54, 1.807) is 0 Å². The summed E-state index contributed by atoms with van der Waals surface area (Å²) < 4.78 is 4.91. The summed E-state index contributed by atoms with van der Waals surface area (Å²) >= 11 is 0. The van der Waals surface area contributed by atoms with E-state index < -0.39 is 30.4 Å². The number of carbonyl (C=O) groups is 3. The third-order valence-electron chi connectivity index (χ3n) is 2.79. The summed E-state index contributed by atoms with van der Waals surface area (Å²) in [6.45, 7) is 0.757. The first-order valence-electron chi connectivity index (χ1n) is 6.03. The Bertz CT molecular complexity index is 356. The van der Waals surface area contributed by atoms with E-state index in [0.29, 0.717) is 13.2 Å². The average Bonchev–Trinajstić information content (AvgIpc) is 3.12. The number of urea groups is 1. The lowest BCUT2D eigenvalue weighted by atomic mass is 10.2. The predicted molar refractivity (Wildman–Crippen MR) is 65.4 cm³/mol. The number of nitrogens with two attached hydrogens (primary N) is 1. The van der Waals surface area contributed by atoms with Gasteiger partial charge in [0.05, 0.1) is 13.0 Å². The Hall–Kier alpha value is -1.83. The molecule has 0 heterocycles. The SMILES string of the molecule is COCCN(C(=O)N[C@@H](CC(N)=O)C(=O)O)C1CC1. The van der Waals surface area contributed by atoms with Gasteiger partial charge in [-0.3, -0.25) is 4.79 Å². The second-order valence-corrected chi connectivity index (χ2v) is 4.43. The van der Waals surface area contributed by atoms with Gasteiger partial charge in [-0.25, -0.2) is 9.59 Å². The van der Waals surface area contributed by atoms with E-state index in [-0.39, 0.29) is 6.04 Å². The number of aliphatic carboxylic acids is 1. The maximum atomic E-state index is 12.0. The zero-order valence-electron chi connectivity index (χ0n) is 10.8. The van der Waals surface area contributed by atoms with Crippen molar-refractivity contribution in [3.05, 3.63) is 0 Å². The highest BCUT2D eigenvalue weighted by atomic mass is 16.5. The molecule has 1 aliphatic rings. The summed E-state index contributed by atoms with van der Waals surface area (Å²) in [5.41, 5.74) is 4.95. The Morgan fingerprint density at radius 2 is 2.11 bits per heavy atom. The molecule has 0 unspecified atom stereocenters. The molecular formula is C11H19N3O5. The number of hydrogen-bond donors (Lipinski definition) is 3. The molecular weight excluding hydrogens is 254 g/mol. The number of hydrogen-bond acceptors (Lipinski definition) is 4. The summed E-state index contributed by atoms with van der Waals surface area (Å²) in [5, 5.41) is 11.2. The number of rotatable bonds is 8. The number of carbonyl (C=O) groups excluding carboxylic acids is 2. The van der Waals surface area contributed by atoms with Gasteiger partial charge in [0.15, 0.2) is 0 Å². The smallest absolute Gasteiger partial charge is 0.326 e. The minimum Gasteiger partial charge on any atom is -0.480 e. The van der Waals surface area contributed by atoms with Gasteiger partial charge in [0.25, 0.3) is 0 Å². The van der Waals surface area contributed by atoms with Gasteiger partial charge < -0.3 is 25.8 Å². The fourth-order valence-electron chi connectivity index (χ4n) is 1.66. The second-order valence-electron chi connectivity index (χ2n) is 4.43.